The standard InChI is InChI=1S/C16H22N2O2/c1-11(13-7-8-20-10-13)17-15-4-2-3-12(9-15)16(19)18-14-5-6-14/h2-4,9,11,13-14,17H,5-8,10H2,1H3,(H,18,19). The average Bonchev–Trinajstić information content (AvgIpc) is 3.08. The molecule has 4 nitrogen and oxygen atoms in total. The largest absolute Gasteiger partial charge is 0.382 e. The Bertz CT molecular complexity index is 479. The molecule has 0 aromatic heterocycles. The van der Waals surface area contributed by atoms with E-state index in [2.05, 4.69) is 17.6 Å². The van der Waals surface area contributed by atoms with E-state index in [1.807, 2.05) is 24.3 Å². The molecule has 1 saturated carbocycles. The lowest BCUT2D eigenvalue weighted by molar-refractivity contribution is 0.0951. The molecular formula is C16H22N2O2. The van der Waals surface area contributed by atoms with E-state index < -0.39 is 0 Å². The Hall–Kier alpha value is -1.55. The van der Waals surface area contributed by atoms with Gasteiger partial charge in [-0.3, -0.25) is 4.79 Å². The van der Waals surface area contributed by atoms with Gasteiger partial charge in [-0.05, 0) is 44.4 Å². The summed E-state index contributed by atoms with van der Waals surface area (Å²) in [7, 11) is 0. The molecule has 2 unspecified atom stereocenters. The van der Waals surface area contributed by atoms with Crippen molar-refractivity contribution in [2.45, 2.75) is 38.3 Å². The molecule has 0 radical (unpaired) electrons. The highest BCUT2D eigenvalue weighted by Crippen LogP contribution is 2.22. The molecule has 1 heterocycles. The molecule has 1 aliphatic heterocycles. The molecule has 0 bridgehead atoms. The van der Waals surface area contributed by atoms with Crippen LogP contribution in [-0.2, 0) is 4.74 Å². The Morgan fingerprint density at radius 3 is 2.90 bits per heavy atom. The van der Waals surface area contributed by atoms with Crippen molar-refractivity contribution in [3.8, 4) is 0 Å². The highest BCUT2D eigenvalue weighted by Gasteiger charge is 2.24. The zero-order valence-corrected chi connectivity index (χ0v) is 11.9. The van der Waals surface area contributed by atoms with Crippen LogP contribution in [0.15, 0.2) is 24.3 Å². The minimum absolute atomic E-state index is 0.0352. The van der Waals surface area contributed by atoms with E-state index in [9.17, 15) is 4.79 Å². The monoisotopic (exact) mass is 274 g/mol. The molecule has 1 aliphatic carbocycles. The first-order chi connectivity index (χ1) is 9.72. The van der Waals surface area contributed by atoms with E-state index in [4.69, 9.17) is 4.74 Å². The van der Waals surface area contributed by atoms with E-state index >= 15 is 0 Å². The summed E-state index contributed by atoms with van der Waals surface area (Å²) in [6, 6.07) is 8.51. The molecular weight excluding hydrogens is 252 g/mol. The van der Waals surface area contributed by atoms with E-state index in [-0.39, 0.29) is 5.91 Å². The second-order valence-electron chi connectivity index (χ2n) is 5.89. The van der Waals surface area contributed by atoms with Crippen molar-refractivity contribution in [1.29, 1.82) is 0 Å². The molecule has 2 fully saturated rings. The maximum atomic E-state index is 12.0. The Balaban J connectivity index is 1.62. The Morgan fingerprint density at radius 2 is 2.20 bits per heavy atom. The molecule has 2 atom stereocenters. The van der Waals surface area contributed by atoms with Crippen molar-refractivity contribution < 1.29 is 9.53 Å². The summed E-state index contributed by atoms with van der Waals surface area (Å²) in [5.74, 6) is 0.590. The Morgan fingerprint density at radius 1 is 1.35 bits per heavy atom. The van der Waals surface area contributed by atoms with Crippen LogP contribution in [0.25, 0.3) is 0 Å². The highest BCUT2D eigenvalue weighted by molar-refractivity contribution is 5.95. The minimum Gasteiger partial charge on any atom is -0.382 e. The molecule has 20 heavy (non-hydrogen) atoms. The van der Waals surface area contributed by atoms with Crippen molar-refractivity contribution in [3.63, 3.8) is 0 Å². The fourth-order valence-electron chi connectivity index (χ4n) is 2.57. The van der Waals surface area contributed by atoms with Gasteiger partial charge >= 0.3 is 0 Å². The van der Waals surface area contributed by atoms with E-state index in [0.29, 0.717) is 18.0 Å². The lowest BCUT2D eigenvalue weighted by atomic mass is 10.0. The predicted molar refractivity (Wildman–Crippen MR) is 78.9 cm³/mol. The van der Waals surface area contributed by atoms with Crippen LogP contribution in [0.3, 0.4) is 0 Å². The first-order valence-corrected chi connectivity index (χ1v) is 7.47. The first-order valence-electron chi connectivity index (χ1n) is 7.47. The molecule has 2 N–H and O–H groups in total. The highest BCUT2D eigenvalue weighted by atomic mass is 16.5. The molecule has 108 valence electrons. The number of carbonyl (C=O) groups excluding carboxylic acids is 1. The maximum Gasteiger partial charge on any atom is 0.251 e. The third kappa shape index (κ3) is 3.31. The van der Waals surface area contributed by atoms with E-state index in [1.54, 1.807) is 0 Å². The minimum atomic E-state index is 0.0352. The summed E-state index contributed by atoms with van der Waals surface area (Å²) in [6.45, 7) is 3.87. The number of ether oxygens (including phenoxy) is 1. The topological polar surface area (TPSA) is 50.4 Å². The zero-order valence-electron chi connectivity index (χ0n) is 11.9. The van der Waals surface area contributed by atoms with Gasteiger partial charge in [-0.2, -0.15) is 0 Å². The van der Waals surface area contributed by atoms with Gasteiger partial charge in [-0.1, -0.05) is 6.07 Å². The third-order valence-corrected chi connectivity index (χ3v) is 4.10. The van der Waals surface area contributed by atoms with Crippen LogP contribution in [0.5, 0.6) is 0 Å². The number of rotatable bonds is 5. The second-order valence-corrected chi connectivity index (χ2v) is 5.89. The van der Waals surface area contributed by atoms with Crippen LogP contribution in [0.2, 0.25) is 0 Å². The lowest BCUT2D eigenvalue weighted by Crippen LogP contribution is -2.27. The lowest BCUT2D eigenvalue weighted by Gasteiger charge is -2.20. The Labute approximate surface area is 119 Å². The molecule has 1 aromatic rings. The van der Waals surface area contributed by atoms with Crippen LogP contribution in [-0.4, -0.2) is 31.2 Å². The molecule has 2 aliphatic rings. The molecule has 1 saturated heterocycles. The molecule has 4 heteroatoms. The van der Waals surface area contributed by atoms with Crippen LogP contribution in [0.4, 0.5) is 5.69 Å². The van der Waals surface area contributed by atoms with Gasteiger partial charge < -0.3 is 15.4 Å². The number of hydrogen-bond acceptors (Lipinski definition) is 3. The fraction of sp³-hybridized carbons (Fsp3) is 0.562. The van der Waals surface area contributed by atoms with Crippen molar-refractivity contribution in [2.75, 3.05) is 18.5 Å². The van der Waals surface area contributed by atoms with Crippen molar-refractivity contribution in [3.05, 3.63) is 29.8 Å². The SMILES string of the molecule is CC(Nc1cccc(C(=O)NC2CC2)c1)C1CCOC1. The van der Waals surface area contributed by atoms with Crippen LogP contribution in [0, 0.1) is 5.92 Å². The number of hydrogen-bond donors (Lipinski definition) is 2. The number of carbonyl (C=O) groups is 1. The number of benzene rings is 1. The number of amides is 1. The van der Waals surface area contributed by atoms with Crippen molar-refractivity contribution in [2.24, 2.45) is 5.92 Å². The molecule has 3 rings (SSSR count). The Kier molecular flexibility index (Phi) is 3.92. The first kappa shape index (κ1) is 13.4. The number of nitrogens with one attached hydrogen (secondary N) is 2. The van der Waals surface area contributed by atoms with Crippen molar-refractivity contribution in [1.82, 2.24) is 5.32 Å². The summed E-state index contributed by atoms with van der Waals surface area (Å²) in [5, 5.41) is 6.51. The summed E-state index contributed by atoms with van der Waals surface area (Å²) in [6.07, 6.45) is 3.33. The van der Waals surface area contributed by atoms with Crippen molar-refractivity contribution >= 4 is 11.6 Å². The molecule has 1 amide bonds. The quantitative estimate of drug-likeness (QED) is 0.867. The smallest absolute Gasteiger partial charge is 0.251 e. The zero-order chi connectivity index (χ0) is 13.9. The molecule has 0 spiro atoms. The summed E-state index contributed by atoms with van der Waals surface area (Å²) in [5.41, 5.74) is 1.74. The van der Waals surface area contributed by atoms with Gasteiger partial charge in [0.15, 0.2) is 0 Å². The second kappa shape index (κ2) is 5.83. The van der Waals surface area contributed by atoms with Gasteiger partial charge in [0.25, 0.3) is 5.91 Å². The van der Waals surface area contributed by atoms with Gasteiger partial charge in [0, 0.05) is 35.9 Å². The normalized spacial score (nSPS) is 23.4. The number of anilines is 1. The predicted octanol–water partition coefficient (Wildman–Crippen LogP) is 2.42. The van der Waals surface area contributed by atoms with Crippen LogP contribution < -0.4 is 10.6 Å². The molecule has 1 aromatic carbocycles. The van der Waals surface area contributed by atoms with Crippen LogP contribution >= 0.6 is 0 Å². The average molecular weight is 274 g/mol. The van der Waals surface area contributed by atoms with Gasteiger partial charge in [0.05, 0.1) is 6.61 Å². The summed E-state index contributed by atoms with van der Waals surface area (Å²) < 4.78 is 5.42. The fourth-order valence-corrected chi connectivity index (χ4v) is 2.57. The maximum absolute atomic E-state index is 12.0. The third-order valence-electron chi connectivity index (χ3n) is 4.10. The van der Waals surface area contributed by atoms with E-state index in [0.717, 1.165) is 43.7 Å². The van der Waals surface area contributed by atoms with Gasteiger partial charge in [0.2, 0.25) is 0 Å². The van der Waals surface area contributed by atoms with E-state index in [1.165, 1.54) is 0 Å². The summed E-state index contributed by atoms with van der Waals surface area (Å²) in [4.78, 5) is 12.0. The summed E-state index contributed by atoms with van der Waals surface area (Å²) >= 11 is 0. The van der Waals surface area contributed by atoms with Gasteiger partial charge in [0.1, 0.15) is 0 Å². The van der Waals surface area contributed by atoms with Gasteiger partial charge in [-0.15, -0.1) is 0 Å². The van der Waals surface area contributed by atoms with Gasteiger partial charge in [-0.25, -0.2) is 0 Å². The van der Waals surface area contributed by atoms with Crippen LogP contribution in [0.1, 0.15) is 36.5 Å².